The molecule has 1 rings (SSSR count). The standard InChI is InChI=1S/C11H20N4O4/c1-17-3-2-4-18-5-6-19-11(16)9-15-8-10(7-12)13-14-15/h8H,2-7,9,12H2,1H3. The van der Waals surface area contributed by atoms with Crippen LogP contribution in [0.15, 0.2) is 6.20 Å². The highest BCUT2D eigenvalue weighted by molar-refractivity contribution is 5.68. The molecule has 1 aromatic heterocycles. The van der Waals surface area contributed by atoms with Gasteiger partial charge in [0.2, 0.25) is 0 Å². The van der Waals surface area contributed by atoms with Gasteiger partial charge < -0.3 is 19.9 Å². The average Bonchev–Trinajstić information content (AvgIpc) is 2.85. The Morgan fingerprint density at radius 2 is 2.21 bits per heavy atom. The maximum absolute atomic E-state index is 11.4. The minimum absolute atomic E-state index is 0.0245. The summed E-state index contributed by atoms with van der Waals surface area (Å²) in [5, 5.41) is 7.52. The van der Waals surface area contributed by atoms with Gasteiger partial charge in [0.1, 0.15) is 13.2 Å². The molecule has 0 amide bonds. The Balaban J connectivity index is 2.04. The molecule has 8 nitrogen and oxygen atoms in total. The summed E-state index contributed by atoms with van der Waals surface area (Å²) >= 11 is 0. The number of rotatable bonds is 10. The van der Waals surface area contributed by atoms with Gasteiger partial charge >= 0.3 is 5.97 Å². The lowest BCUT2D eigenvalue weighted by molar-refractivity contribution is -0.146. The Kier molecular flexibility index (Phi) is 7.71. The first-order valence-electron chi connectivity index (χ1n) is 6.07. The highest BCUT2D eigenvalue weighted by Gasteiger charge is 2.06. The van der Waals surface area contributed by atoms with Crippen molar-refractivity contribution < 1.29 is 19.0 Å². The summed E-state index contributed by atoms with van der Waals surface area (Å²) in [5.74, 6) is -0.381. The summed E-state index contributed by atoms with van der Waals surface area (Å²) in [7, 11) is 1.64. The molecule has 0 atom stereocenters. The van der Waals surface area contributed by atoms with Gasteiger partial charge in [-0.1, -0.05) is 5.21 Å². The Morgan fingerprint density at radius 1 is 1.37 bits per heavy atom. The molecule has 1 heterocycles. The maximum atomic E-state index is 11.4. The zero-order valence-electron chi connectivity index (χ0n) is 11.1. The number of nitrogens with zero attached hydrogens (tertiary/aromatic N) is 3. The van der Waals surface area contributed by atoms with Crippen LogP contribution in [-0.4, -0.2) is 54.5 Å². The molecule has 2 N–H and O–H groups in total. The number of carbonyl (C=O) groups is 1. The minimum Gasteiger partial charge on any atom is -0.462 e. The lowest BCUT2D eigenvalue weighted by Gasteiger charge is -2.05. The number of methoxy groups -OCH3 is 1. The number of ether oxygens (including phenoxy) is 3. The van der Waals surface area contributed by atoms with Crippen LogP contribution in [-0.2, 0) is 32.1 Å². The fraction of sp³-hybridized carbons (Fsp3) is 0.727. The number of esters is 1. The van der Waals surface area contributed by atoms with Crippen molar-refractivity contribution in [3.05, 3.63) is 11.9 Å². The molecular formula is C11H20N4O4. The topological polar surface area (TPSA) is 101 Å². The van der Waals surface area contributed by atoms with Gasteiger partial charge in [-0.25, -0.2) is 4.68 Å². The van der Waals surface area contributed by atoms with Crippen molar-refractivity contribution in [3.8, 4) is 0 Å². The lowest BCUT2D eigenvalue weighted by atomic mass is 10.5. The van der Waals surface area contributed by atoms with Crippen molar-refractivity contribution >= 4 is 5.97 Å². The van der Waals surface area contributed by atoms with Crippen molar-refractivity contribution in [3.63, 3.8) is 0 Å². The van der Waals surface area contributed by atoms with E-state index < -0.39 is 0 Å². The van der Waals surface area contributed by atoms with E-state index in [2.05, 4.69) is 10.3 Å². The van der Waals surface area contributed by atoms with E-state index in [1.54, 1.807) is 13.3 Å². The molecule has 0 aliphatic rings. The predicted molar refractivity (Wildman–Crippen MR) is 66.2 cm³/mol. The van der Waals surface area contributed by atoms with Crippen LogP contribution in [0, 0.1) is 0 Å². The monoisotopic (exact) mass is 272 g/mol. The van der Waals surface area contributed by atoms with Gasteiger partial charge in [0.05, 0.1) is 18.5 Å². The van der Waals surface area contributed by atoms with Gasteiger partial charge in [0, 0.05) is 26.9 Å². The predicted octanol–water partition coefficient (Wildman–Crippen LogP) is -0.667. The van der Waals surface area contributed by atoms with Crippen LogP contribution in [0.1, 0.15) is 12.1 Å². The van der Waals surface area contributed by atoms with Gasteiger partial charge in [0.15, 0.2) is 0 Å². The van der Waals surface area contributed by atoms with Crippen LogP contribution in [0.2, 0.25) is 0 Å². The summed E-state index contributed by atoms with van der Waals surface area (Å²) in [6.45, 7) is 2.18. The van der Waals surface area contributed by atoms with E-state index in [1.165, 1.54) is 4.68 Å². The zero-order valence-corrected chi connectivity index (χ0v) is 11.1. The summed E-state index contributed by atoms with van der Waals surface area (Å²) < 4.78 is 16.5. The fourth-order valence-corrected chi connectivity index (χ4v) is 1.31. The molecule has 108 valence electrons. The van der Waals surface area contributed by atoms with E-state index in [0.29, 0.717) is 32.1 Å². The molecular weight excluding hydrogens is 252 g/mol. The van der Waals surface area contributed by atoms with Crippen LogP contribution in [0.4, 0.5) is 0 Å². The van der Waals surface area contributed by atoms with E-state index in [9.17, 15) is 4.79 Å². The SMILES string of the molecule is COCCCOCCOC(=O)Cn1cc(CN)nn1. The third kappa shape index (κ3) is 6.85. The minimum atomic E-state index is -0.381. The van der Waals surface area contributed by atoms with E-state index in [-0.39, 0.29) is 19.1 Å². The van der Waals surface area contributed by atoms with Crippen molar-refractivity contribution in [2.75, 3.05) is 33.5 Å². The van der Waals surface area contributed by atoms with E-state index in [4.69, 9.17) is 19.9 Å². The summed E-state index contributed by atoms with van der Waals surface area (Å²) in [4.78, 5) is 11.4. The van der Waals surface area contributed by atoms with Crippen molar-refractivity contribution in [1.82, 2.24) is 15.0 Å². The molecule has 1 aromatic rings. The van der Waals surface area contributed by atoms with Crippen LogP contribution in [0.3, 0.4) is 0 Å². The third-order valence-electron chi connectivity index (χ3n) is 2.21. The molecule has 0 saturated heterocycles. The van der Waals surface area contributed by atoms with E-state index in [1.807, 2.05) is 0 Å². The Labute approximate surface area is 111 Å². The van der Waals surface area contributed by atoms with Crippen molar-refractivity contribution in [2.45, 2.75) is 19.5 Å². The molecule has 0 fully saturated rings. The Hall–Kier alpha value is -1.51. The van der Waals surface area contributed by atoms with Gasteiger partial charge in [-0.3, -0.25) is 4.79 Å². The quantitative estimate of drug-likeness (QED) is 0.445. The molecule has 0 aliphatic carbocycles. The summed E-state index contributed by atoms with van der Waals surface area (Å²) in [5.41, 5.74) is 6.02. The number of hydrogen-bond donors (Lipinski definition) is 1. The second kappa shape index (κ2) is 9.42. The molecule has 8 heteroatoms. The van der Waals surface area contributed by atoms with Crippen molar-refractivity contribution in [1.29, 1.82) is 0 Å². The van der Waals surface area contributed by atoms with Crippen LogP contribution < -0.4 is 5.73 Å². The molecule has 0 saturated carbocycles. The van der Waals surface area contributed by atoms with Gasteiger partial charge in [-0.2, -0.15) is 0 Å². The first-order chi connectivity index (χ1) is 9.26. The first-order valence-corrected chi connectivity index (χ1v) is 6.07. The molecule has 0 aliphatic heterocycles. The molecule has 19 heavy (non-hydrogen) atoms. The van der Waals surface area contributed by atoms with Crippen LogP contribution in [0.25, 0.3) is 0 Å². The number of carbonyl (C=O) groups excluding carboxylic acids is 1. The average molecular weight is 272 g/mol. The fourth-order valence-electron chi connectivity index (χ4n) is 1.31. The Morgan fingerprint density at radius 3 is 2.89 bits per heavy atom. The van der Waals surface area contributed by atoms with Gasteiger partial charge in [-0.05, 0) is 6.42 Å². The summed E-state index contributed by atoms with van der Waals surface area (Å²) in [6, 6.07) is 0. The Bertz CT molecular complexity index is 369. The second-order valence-corrected chi connectivity index (χ2v) is 3.79. The second-order valence-electron chi connectivity index (χ2n) is 3.79. The maximum Gasteiger partial charge on any atom is 0.327 e. The number of nitrogens with two attached hydrogens (primary N) is 1. The highest BCUT2D eigenvalue weighted by atomic mass is 16.6. The van der Waals surface area contributed by atoms with Crippen LogP contribution >= 0.6 is 0 Å². The van der Waals surface area contributed by atoms with E-state index >= 15 is 0 Å². The van der Waals surface area contributed by atoms with Gasteiger partial charge in [0.25, 0.3) is 0 Å². The number of aromatic nitrogens is 3. The largest absolute Gasteiger partial charge is 0.462 e. The number of hydrogen-bond acceptors (Lipinski definition) is 7. The summed E-state index contributed by atoms with van der Waals surface area (Å²) in [6.07, 6.45) is 2.44. The molecule has 0 radical (unpaired) electrons. The molecule has 0 bridgehead atoms. The first kappa shape index (κ1) is 15.5. The van der Waals surface area contributed by atoms with Crippen molar-refractivity contribution in [2.24, 2.45) is 5.73 Å². The molecule has 0 spiro atoms. The van der Waals surface area contributed by atoms with E-state index in [0.717, 1.165) is 6.42 Å². The van der Waals surface area contributed by atoms with Crippen LogP contribution in [0.5, 0.6) is 0 Å². The van der Waals surface area contributed by atoms with Gasteiger partial charge in [-0.15, -0.1) is 5.10 Å². The molecule has 0 unspecified atom stereocenters. The molecule has 0 aromatic carbocycles. The lowest BCUT2D eigenvalue weighted by Crippen LogP contribution is -2.17. The highest BCUT2D eigenvalue weighted by Crippen LogP contribution is 1.92. The smallest absolute Gasteiger partial charge is 0.327 e. The third-order valence-corrected chi connectivity index (χ3v) is 2.21. The normalized spacial score (nSPS) is 10.6. The zero-order chi connectivity index (χ0) is 13.9.